The normalized spacial score (nSPS) is 12.5. The van der Waals surface area contributed by atoms with Gasteiger partial charge in [0.2, 0.25) is 0 Å². The van der Waals surface area contributed by atoms with Crippen LogP contribution in [0.3, 0.4) is 0 Å². The first-order chi connectivity index (χ1) is 11.6. The number of benzene rings is 1. The third-order valence-corrected chi connectivity index (χ3v) is 3.02. The molecule has 0 aromatic heterocycles. The summed E-state index contributed by atoms with van der Waals surface area (Å²) in [6.45, 7) is 14.5. The highest BCUT2D eigenvalue weighted by Crippen LogP contribution is 2.17. The number of hydrogen-bond acceptors (Lipinski definition) is 3. The molecule has 1 aromatic rings. The van der Waals surface area contributed by atoms with Gasteiger partial charge in [0.15, 0.2) is 0 Å². The SMILES string of the molecule is C=C(/C=C\C)NC(=C)c1ccc(F)cc1.CC.CNCNC1CC1.[HH]. The maximum Gasteiger partial charge on any atom is 0.123 e. The highest BCUT2D eigenvalue weighted by Gasteiger charge is 2.18. The molecule has 0 radical (unpaired) electrons. The second-order valence-electron chi connectivity index (χ2n) is 5.14. The first kappa shape index (κ1) is 22.1. The minimum atomic E-state index is -0.251. The Hall–Kier alpha value is -1.91. The molecule has 1 aliphatic carbocycles. The van der Waals surface area contributed by atoms with Crippen LogP contribution in [0.25, 0.3) is 5.70 Å². The fraction of sp³-hybridized carbons (Fsp3) is 0.400. The van der Waals surface area contributed by atoms with Gasteiger partial charge >= 0.3 is 0 Å². The smallest absolute Gasteiger partial charge is 0.123 e. The molecule has 1 fully saturated rings. The maximum absolute atomic E-state index is 12.7. The lowest BCUT2D eigenvalue weighted by atomic mass is 10.1. The standard InChI is InChI=1S/C13H14FN.C5H12N2.C2H6.H2/c1-4-5-10(2)15-11(3)12-6-8-13(14)9-7-12;1-6-4-7-5-2-3-5;1-2;/h4-9,15H,2-3H2,1H3;5-7H,2-4H2,1H3;1-2H3;1H/b5-4-;;;. The number of allylic oxidation sites excluding steroid dienone is 2. The summed E-state index contributed by atoms with van der Waals surface area (Å²) < 4.78 is 12.7. The molecule has 3 N–H and O–H groups in total. The monoisotopic (exact) mass is 335 g/mol. The van der Waals surface area contributed by atoms with Crippen molar-refractivity contribution in [2.75, 3.05) is 13.7 Å². The van der Waals surface area contributed by atoms with E-state index in [1.807, 2.05) is 40.0 Å². The van der Waals surface area contributed by atoms with Crippen LogP contribution in [0.1, 0.15) is 40.6 Å². The van der Waals surface area contributed by atoms with Crippen LogP contribution >= 0.6 is 0 Å². The molecule has 0 saturated heterocycles. The number of hydrogen-bond donors (Lipinski definition) is 3. The summed E-state index contributed by atoms with van der Waals surface area (Å²) in [5, 5.41) is 9.34. The lowest BCUT2D eigenvalue weighted by Crippen LogP contribution is -2.27. The Bertz CT molecular complexity index is 508. The van der Waals surface area contributed by atoms with Gasteiger partial charge in [-0.2, -0.15) is 0 Å². The summed E-state index contributed by atoms with van der Waals surface area (Å²) in [6.07, 6.45) is 6.48. The molecule has 0 amide bonds. The van der Waals surface area contributed by atoms with Crippen molar-refractivity contribution >= 4 is 5.70 Å². The molecule has 0 aliphatic heterocycles. The largest absolute Gasteiger partial charge is 0.356 e. The molecule has 0 unspecified atom stereocenters. The van der Waals surface area contributed by atoms with Gasteiger partial charge in [0.25, 0.3) is 0 Å². The van der Waals surface area contributed by atoms with Crippen LogP contribution in [0, 0.1) is 5.82 Å². The molecule has 3 nitrogen and oxygen atoms in total. The van der Waals surface area contributed by atoms with Crippen LogP contribution in [0.15, 0.2) is 55.3 Å². The molecule has 2 rings (SSSR count). The van der Waals surface area contributed by atoms with E-state index in [0.717, 1.165) is 24.0 Å². The van der Waals surface area contributed by atoms with Crippen molar-refractivity contribution in [1.29, 1.82) is 0 Å². The van der Waals surface area contributed by atoms with Gasteiger partial charge in [-0.05, 0) is 50.6 Å². The van der Waals surface area contributed by atoms with E-state index in [2.05, 4.69) is 29.1 Å². The molecule has 0 heterocycles. The van der Waals surface area contributed by atoms with Crippen molar-refractivity contribution in [1.82, 2.24) is 16.0 Å². The molecule has 136 valence electrons. The van der Waals surface area contributed by atoms with Crippen LogP contribution < -0.4 is 16.0 Å². The first-order valence-electron chi connectivity index (χ1n) is 8.48. The zero-order valence-electron chi connectivity index (χ0n) is 15.5. The van der Waals surface area contributed by atoms with Gasteiger partial charge in [-0.25, -0.2) is 4.39 Å². The number of rotatable bonds is 7. The second kappa shape index (κ2) is 13.5. The van der Waals surface area contributed by atoms with Crippen molar-refractivity contribution in [3.63, 3.8) is 0 Å². The molecule has 24 heavy (non-hydrogen) atoms. The lowest BCUT2D eigenvalue weighted by molar-refractivity contribution is 0.627. The summed E-state index contributed by atoms with van der Waals surface area (Å²) in [5.41, 5.74) is 2.31. The van der Waals surface area contributed by atoms with Gasteiger partial charge in [0.1, 0.15) is 5.82 Å². The quantitative estimate of drug-likeness (QED) is 0.501. The predicted molar refractivity (Wildman–Crippen MR) is 106 cm³/mol. The van der Waals surface area contributed by atoms with Crippen LogP contribution in [0.4, 0.5) is 4.39 Å². The van der Waals surface area contributed by atoms with Gasteiger partial charge < -0.3 is 16.0 Å². The Morgan fingerprint density at radius 1 is 1.25 bits per heavy atom. The minimum absolute atomic E-state index is 0. The van der Waals surface area contributed by atoms with Gasteiger partial charge in [-0.15, -0.1) is 0 Å². The molecule has 1 aliphatic rings. The summed E-state index contributed by atoms with van der Waals surface area (Å²) in [7, 11) is 1.95. The van der Waals surface area contributed by atoms with E-state index in [4.69, 9.17) is 0 Å². The van der Waals surface area contributed by atoms with Gasteiger partial charge in [-0.1, -0.05) is 45.2 Å². The van der Waals surface area contributed by atoms with Crippen molar-refractivity contribution < 1.29 is 5.82 Å². The van der Waals surface area contributed by atoms with Crippen molar-refractivity contribution in [3.8, 4) is 0 Å². The zero-order chi connectivity index (χ0) is 18.4. The molecular weight excluding hydrogens is 301 g/mol. The predicted octanol–water partition coefficient (Wildman–Crippen LogP) is 4.66. The fourth-order valence-corrected chi connectivity index (χ4v) is 1.69. The third kappa shape index (κ3) is 10.8. The van der Waals surface area contributed by atoms with E-state index in [1.54, 1.807) is 12.1 Å². The topological polar surface area (TPSA) is 36.1 Å². The van der Waals surface area contributed by atoms with Crippen molar-refractivity contribution in [2.24, 2.45) is 0 Å². The van der Waals surface area contributed by atoms with Crippen molar-refractivity contribution in [3.05, 3.63) is 66.7 Å². The van der Waals surface area contributed by atoms with Gasteiger partial charge in [0, 0.05) is 25.5 Å². The van der Waals surface area contributed by atoms with E-state index >= 15 is 0 Å². The summed E-state index contributed by atoms with van der Waals surface area (Å²) in [4.78, 5) is 0. The van der Waals surface area contributed by atoms with Crippen LogP contribution in [0.5, 0.6) is 0 Å². The summed E-state index contributed by atoms with van der Waals surface area (Å²) in [5.74, 6) is -0.251. The van der Waals surface area contributed by atoms with Crippen LogP contribution in [-0.4, -0.2) is 19.8 Å². The summed E-state index contributed by atoms with van der Waals surface area (Å²) in [6, 6.07) is 7.00. The number of halogens is 1. The van der Waals surface area contributed by atoms with E-state index < -0.39 is 0 Å². The third-order valence-electron chi connectivity index (χ3n) is 3.02. The molecule has 0 bridgehead atoms. The Labute approximate surface area is 148 Å². The van der Waals surface area contributed by atoms with E-state index in [1.165, 1.54) is 25.0 Å². The highest BCUT2D eigenvalue weighted by atomic mass is 19.1. The molecule has 1 saturated carbocycles. The van der Waals surface area contributed by atoms with Gasteiger partial charge in [-0.3, -0.25) is 0 Å². The van der Waals surface area contributed by atoms with E-state index in [9.17, 15) is 4.39 Å². The summed E-state index contributed by atoms with van der Waals surface area (Å²) >= 11 is 0. The zero-order valence-corrected chi connectivity index (χ0v) is 15.5. The van der Waals surface area contributed by atoms with Crippen LogP contribution in [-0.2, 0) is 0 Å². The molecule has 0 atom stereocenters. The second-order valence-corrected chi connectivity index (χ2v) is 5.14. The Morgan fingerprint density at radius 3 is 2.29 bits per heavy atom. The fourth-order valence-electron chi connectivity index (χ4n) is 1.69. The molecule has 4 heteroatoms. The molecule has 0 spiro atoms. The lowest BCUT2D eigenvalue weighted by Gasteiger charge is -2.09. The number of nitrogens with one attached hydrogen (secondary N) is 3. The average Bonchev–Trinajstić information content (AvgIpc) is 3.40. The highest BCUT2D eigenvalue weighted by molar-refractivity contribution is 5.63. The minimum Gasteiger partial charge on any atom is -0.356 e. The molecule has 1 aromatic carbocycles. The Balaban J connectivity index is 0. The Morgan fingerprint density at radius 2 is 1.83 bits per heavy atom. The Kier molecular flexibility index (Phi) is 12.4. The maximum atomic E-state index is 12.7. The van der Waals surface area contributed by atoms with E-state index in [0.29, 0.717) is 5.70 Å². The van der Waals surface area contributed by atoms with Crippen LogP contribution in [0.2, 0.25) is 0 Å². The van der Waals surface area contributed by atoms with Gasteiger partial charge in [0.05, 0.1) is 0 Å². The van der Waals surface area contributed by atoms with E-state index in [-0.39, 0.29) is 7.24 Å². The first-order valence-corrected chi connectivity index (χ1v) is 8.48. The average molecular weight is 336 g/mol. The molecular formula is C20H34FN3. The van der Waals surface area contributed by atoms with Crippen molar-refractivity contribution in [2.45, 2.75) is 39.7 Å².